The first-order valence-electron chi connectivity index (χ1n) is 9.41. The minimum absolute atomic E-state index is 0.142. The lowest BCUT2D eigenvalue weighted by Gasteiger charge is -2.34. The number of hydrazone groups is 1. The van der Waals surface area contributed by atoms with Crippen LogP contribution in [0.2, 0.25) is 8.67 Å². The van der Waals surface area contributed by atoms with Crippen molar-refractivity contribution in [2.45, 2.75) is 6.04 Å². The Balaban J connectivity index is 1.61. The van der Waals surface area contributed by atoms with E-state index in [0.29, 0.717) is 0 Å². The summed E-state index contributed by atoms with van der Waals surface area (Å²) < 4.78 is 1.62. The number of hydrogen-bond acceptors (Lipinski definition) is 5. The molecule has 0 spiro atoms. The summed E-state index contributed by atoms with van der Waals surface area (Å²) in [6.07, 6.45) is 2.24. The number of anilines is 1. The molecule has 3 nitrogen and oxygen atoms in total. The molecule has 3 aromatic rings. The average Bonchev–Trinajstić information content (AvgIpc) is 3.41. The van der Waals surface area contributed by atoms with Crippen LogP contribution in [0.5, 0.6) is 0 Å². The third kappa shape index (κ3) is 3.78. The van der Waals surface area contributed by atoms with Crippen molar-refractivity contribution in [1.29, 1.82) is 0 Å². The maximum Gasteiger partial charge on any atom is 0.0964 e. The van der Waals surface area contributed by atoms with Crippen molar-refractivity contribution in [1.82, 2.24) is 4.90 Å². The Hall–Kier alpha value is -1.63. The highest BCUT2D eigenvalue weighted by molar-refractivity contribution is 7.17. The zero-order valence-electron chi connectivity index (χ0n) is 15.8. The van der Waals surface area contributed by atoms with Gasteiger partial charge in [-0.25, -0.2) is 0 Å². The van der Waals surface area contributed by atoms with Gasteiger partial charge in [0.1, 0.15) is 0 Å². The van der Waals surface area contributed by atoms with E-state index in [0.717, 1.165) is 32.3 Å². The third-order valence-corrected chi connectivity index (χ3v) is 7.79. The van der Waals surface area contributed by atoms with E-state index in [1.807, 2.05) is 18.2 Å². The van der Waals surface area contributed by atoms with Crippen LogP contribution in [0.1, 0.15) is 15.8 Å². The second-order valence-electron chi connectivity index (χ2n) is 7.37. The fourth-order valence-electron chi connectivity index (χ4n) is 4.14. The van der Waals surface area contributed by atoms with E-state index in [1.54, 1.807) is 22.7 Å². The van der Waals surface area contributed by atoms with Crippen LogP contribution in [0.25, 0.3) is 6.08 Å². The first-order chi connectivity index (χ1) is 14.1. The average molecular weight is 460 g/mol. The van der Waals surface area contributed by atoms with Crippen molar-refractivity contribution in [3.8, 4) is 0 Å². The molecule has 1 saturated heterocycles. The van der Waals surface area contributed by atoms with Crippen molar-refractivity contribution in [3.05, 3.63) is 78.6 Å². The first-order valence-corrected chi connectivity index (χ1v) is 11.8. The number of likely N-dealkylation sites (N-methyl/N-ethyl adjacent to an activating group) is 1. The van der Waals surface area contributed by atoms with Gasteiger partial charge < -0.3 is 4.90 Å². The maximum absolute atomic E-state index is 6.30. The fraction of sp³-hybridized carbons (Fsp3) is 0.227. The summed E-state index contributed by atoms with van der Waals surface area (Å²) in [7, 11) is 2.18. The molecule has 7 heteroatoms. The van der Waals surface area contributed by atoms with Gasteiger partial charge in [-0.05, 0) is 55.1 Å². The third-order valence-electron chi connectivity index (χ3n) is 5.31. The first kappa shape index (κ1) is 19.3. The summed E-state index contributed by atoms with van der Waals surface area (Å²) in [5, 5.41) is 7.33. The van der Waals surface area contributed by atoms with Crippen LogP contribution in [0.15, 0.2) is 65.3 Å². The van der Waals surface area contributed by atoms with Crippen LogP contribution >= 0.6 is 45.9 Å². The molecule has 2 unspecified atom stereocenters. The van der Waals surface area contributed by atoms with E-state index in [4.69, 9.17) is 28.3 Å². The molecule has 0 bridgehead atoms. The Morgan fingerprint density at radius 1 is 1.00 bits per heavy atom. The molecule has 2 atom stereocenters. The molecule has 0 amide bonds. The minimum Gasteiger partial charge on any atom is -0.301 e. The standard InChI is InChI=1S/C22H19Cl2N3S2/c1-26-12-14(11-16-7-9-19(23)28-16)21-17(13-26)22(18-8-10-20(24)29-18)27(25-21)15-5-3-2-4-6-15/h2-11,17,22H,12-13H2,1H3/b14-11+. The molecule has 29 heavy (non-hydrogen) atoms. The van der Waals surface area contributed by atoms with Gasteiger partial charge in [0.15, 0.2) is 0 Å². The maximum atomic E-state index is 6.30. The predicted octanol–water partition coefficient (Wildman–Crippen LogP) is 6.68. The largest absolute Gasteiger partial charge is 0.301 e. The molecule has 0 N–H and O–H groups in total. The number of piperidine rings is 1. The van der Waals surface area contributed by atoms with Crippen molar-refractivity contribution in [2.24, 2.45) is 11.0 Å². The summed E-state index contributed by atoms with van der Waals surface area (Å²) >= 11 is 15.7. The van der Waals surface area contributed by atoms with Gasteiger partial charge in [-0.2, -0.15) is 5.10 Å². The van der Waals surface area contributed by atoms with Crippen LogP contribution in [-0.4, -0.2) is 30.7 Å². The fourth-order valence-corrected chi connectivity index (χ4v) is 6.38. The molecule has 1 aromatic carbocycles. The second-order valence-corrected chi connectivity index (χ2v) is 10.9. The molecular formula is C22H19Cl2N3S2. The highest BCUT2D eigenvalue weighted by Crippen LogP contribution is 2.45. The summed E-state index contributed by atoms with van der Waals surface area (Å²) in [5.41, 5.74) is 3.53. The summed E-state index contributed by atoms with van der Waals surface area (Å²) in [5.74, 6) is 0.283. The van der Waals surface area contributed by atoms with Crippen LogP contribution in [0.4, 0.5) is 5.69 Å². The van der Waals surface area contributed by atoms with Gasteiger partial charge in [-0.1, -0.05) is 41.4 Å². The number of para-hydroxylation sites is 1. The summed E-state index contributed by atoms with van der Waals surface area (Å²) in [6, 6.07) is 18.7. The molecule has 5 rings (SSSR count). The van der Waals surface area contributed by atoms with Crippen molar-refractivity contribution >= 4 is 63.4 Å². The number of nitrogens with zero attached hydrogens (tertiary/aromatic N) is 3. The topological polar surface area (TPSA) is 18.8 Å². The van der Waals surface area contributed by atoms with E-state index in [9.17, 15) is 0 Å². The molecule has 0 aliphatic carbocycles. The number of benzene rings is 1. The predicted molar refractivity (Wildman–Crippen MR) is 127 cm³/mol. The Bertz CT molecular complexity index is 1090. The highest BCUT2D eigenvalue weighted by atomic mass is 35.5. The number of likely N-dealkylation sites (tertiary alicyclic amines) is 1. The van der Waals surface area contributed by atoms with Gasteiger partial charge in [0.2, 0.25) is 0 Å². The van der Waals surface area contributed by atoms with E-state index in [-0.39, 0.29) is 12.0 Å². The molecule has 0 radical (unpaired) electrons. The lowest BCUT2D eigenvalue weighted by molar-refractivity contribution is 0.304. The molecule has 0 saturated carbocycles. The minimum atomic E-state index is 0.142. The molecule has 4 heterocycles. The Labute approximate surface area is 188 Å². The zero-order valence-corrected chi connectivity index (χ0v) is 18.9. The van der Waals surface area contributed by atoms with Gasteiger partial charge in [0, 0.05) is 28.8 Å². The SMILES string of the molecule is CN1C/C(=C\c2ccc(Cl)s2)C2=NN(c3ccccc3)C(c3ccc(Cl)s3)C2C1. The van der Waals surface area contributed by atoms with Crippen LogP contribution in [0, 0.1) is 5.92 Å². The van der Waals surface area contributed by atoms with Crippen molar-refractivity contribution in [3.63, 3.8) is 0 Å². The Morgan fingerprint density at radius 2 is 1.76 bits per heavy atom. The second kappa shape index (κ2) is 7.89. The molecule has 148 valence electrons. The van der Waals surface area contributed by atoms with Crippen LogP contribution in [0.3, 0.4) is 0 Å². The number of fused-ring (bicyclic) bond motifs is 1. The van der Waals surface area contributed by atoms with Crippen molar-refractivity contribution < 1.29 is 0 Å². The lowest BCUT2D eigenvalue weighted by Crippen LogP contribution is -2.41. The van der Waals surface area contributed by atoms with E-state index >= 15 is 0 Å². The summed E-state index contributed by atoms with van der Waals surface area (Å²) in [4.78, 5) is 4.79. The van der Waals surface area contributed by atoms with Crippen LogP contribution in [-0.2, 0) is 0 Å². The number of halogens is 2. The Morgan fingerprint density at radius 3 is 2.45 bits per heavy atom. The normalized spacial score (nSPS) is 23.5. The van der Waals surface area contributed by atoms with Gasteiger partial charge >= 0.3 is 0 Å². The lowest BCUT2D eigenvalue weighted by atomic mass is 9.86. The van der Waals surface area contributed by atoms with E-state index < -0.39 is 0 Å². The van der Waals surface area contributed by atoms with E-state index in [2.05, 4.69) is 59.4 Å². The number of hydrogen-bond donors (Lipinski definition) is 0. The quantitative estimate of drug-likeness (QED) is 0.434. The number of rotatable bonds is 3. The van der Waals surface area contributed by atoms with Crippen molar-refractivity contribution in [2.75, 3.05) is 25.1 Å². The monoisotopic (exact) mass is 459 g/mol. The number of thiophene rings is 2. The van der Waals surface area contributed by atoms with E-state index in [1.165, 1.54) is 16.2 Å². The Kier molecular flexibility index (Phi) is 5.26. The van der Waals surface area contributed by atoms with Gasteiger partial charge in [0.05, 0.1) is 26.1 Å². The van der Waals surface area contributed by atoms with Gasteiger partial charge in [0.25, 0.3) is 0 Å². The van der Waals surface area contributed by atoms with Crippen LogP contribution < -0.4 is 5.01 Å². The molecule has 2 aromatic heterocycles. The summed E-state index contributed by atoms with van der Waals surface area (Å²) in [6.45, 7) is 1.84. The highest BCUT2D eigenvalue weighted by Gasteiger charge is 2.44. The molecule has 2 aliphatic rings. The molecule has 2 aliphatic heterocycles. The smallest absolute Gasteiger partial charge is 0.0964 e. The molecule has 1 fully saturated rings. The molecular weight excluding hydrogens is 441 g/mol. The zero-order chi connectivity index (χ0) is 20.0. The van der Waals surface area contributed by atoms with Gasteiger partial charge in [-0.15, -0.1) is 22.7 Å². The van der Waals surface area contributed by atoms with Gasteiger partial charge in [-0.3, -0.25) is 5.01 Å².